The lowest BCUT2D eigenvalue weighted by Gasteiger charge is -2.19. The van der Waals surface area contributed by atoms with Gasteiger partial charge in [-0.15, -0.1) is 0 Å². The van der Waals surface area contributed by atoms with Gasteiger partial charge in [0, 0.05) is 28.3 Å². The van der Waals surface area contributed by atoms with Crippen LogP contribution in [0.4, 0.5) is 5.69 Å². The summed E-state index contributed by atoms with van der Waals surface area (Å²) in [5, 5.41) is 3.76. The Labute approximate surface area is 115 Å². The Hall–Kier alpha value is -0.740. The van der Waals surface area contributed by atoms with Gasteiger partial charge in [-0.2, -0.15) is 0 Å². The molecule has 0 spiro atoms. The number of benzene rings is 1. The first-order chi connectivity index (χ1) is 8.08. The maximum Gasteiger partial charge on any atom is 0.241 e. The first-order valence-electron chi connectivity index (χ1n) is 5.55. The number of hydrogen-bond acceptors (Lipinski definition) is 2. The third-order valence-electron chi connectivity index (χ3n) is 2.48. The van der Waals surface area contributed by atoms with E-state index >= 15 is 0 Å². The van der Waals surface area contributed by atoms with Crippen LogP contribution in [0.5, 0.6) is 0 Å². The van der Waals surface area contributed by atoms with Gasteiger partial charge < -0.3 is 10.2 Å². The molecule has 3 nitrogen and oxygen atoms in total. The lowest BCUT2D eigenvalue weighted by Crippen LogP contribution is -2.35. The molecule has 0 radical (unpaired) electrons. The second-order valence-electron chi connectivity index (χ2n) is 3.54. The van der Waals surface area contributed by atoms with Gasteiger partial charge in [0.25, 0.3) is 0 Å². The SMILES string of the molecule is CCN(CC)C(=O)CNc1ccc(Cl)cc1Br. The zero-order valence-corrected chi connectivity index (χ0v) is 12.3. The van der Waals surface area contributed by atoms with Crippen molar-refractivity contribution in [3.63, 3.8) is 0 Å². The largest absolute Gasteiger partial charge is 0.375 e. The number of carbonyl (C=O) groups is 1. The molecule has 1 N–H and O–H groups in total. The molecule has 0 aliphatic heterocycles. The molecule has 1 amide bonds. The Morgan fingerprint density at radius 1 is 1.41 bits per heavy atom. The molecule has 0 atom stereocenters. The Bertz CT molecular complexity index is 394. The van der Waals surface area contributed by atoms with E-state index in [0.717, 1.165) is 23.2 Å². The van der Waals surface area contributed by atoms with Crippen molar-refractivity contribution in [3.8, 4) is 0 Å². The number of likely N-dealkylation sites (N-methyl/N-ethyl adjacent to an activating group) is 1. The summed E-state index contributed by atoms with van der Waals surface area (Å²) < 4.78 is 0.859. The molecular weight excluding hydrogens is 304 g/mol. The van der Waals surface area contributed by atoms with Crippen LogP contribution in [-0.2, 0) is 4.79 Å². The monoisotopic (exact) mass is 318 g/mol. The Kier molecular flexibility index (Phi) is 5.78. The zero-order chi connectivity index (χ0) is 12.8. The summed E-state index contributed by atoms with van der Waals surface area (Å²) in [5.74, 6) is 0.0943. The number of carbonyl (C=O) groups excluding carboxylic acids is 1. The summed E-state index contributed by atoms with van der Waals surface area (Å²) in [6.45, 7) is 5.71. The fraction of sp³-hybridized carbons (Fsp3) is 0.417. The first-order valence-corrected chi connectivity index (χ1v) is 6.72. The summed E-state index contributed by atoms with van der Waals surface area (Å²) in [6, 6.07) is 5.43. The molecule has 0 saturated carbocycles. The normalized spacial score (nSPS) is 10.1. The van der Waals surface area contributed by atoms with E-state index in [1.807, 2.05) is 19.9 Å². The molecule has 17 heavy (non-hydrogen) atoms. The lowest BCUT2D eigenvalue weighted by atomic mass is 10.3. The molecular formula is C12H16BrClN2O. The molecule has 94 valence electrons. The van der Waals surface area contributed by atoms with E-state index in [1.54, 1.807) is 17.0 Å². The second kappa shape index (κ2) is 6.87. The van der Waals surface area contributed by atoms with Gasteiger partial charge >= 0.3 is 0 Å². The maximum atomic E-state index is 11.8. The van der Waals surface area contributed by atoms with Crippen LogP contribution in [-0.4, -0.2) is 30.4 Å². The molecule has 0 heterocycles. The number of amides is 1. The van der Waals surface area contributed by atoms with Crippen LogP contribution in [0.25, 0.3) is 0 Å². The predicted molar refractivity (Wildman–Crippen MR) is 75.6 cm³/mol. The lowest BCUT2D eigenvalue weighted by molar-refractivity contribution is -0.128. The highest BCUT2D eigenvalue weighted by Gasteiger charge is 2.09. The standard InChI is InChI=1S/C12H16BrClN2O/c1-3-16(4-2)12(17)8-15-11-6-5-9(14)7-10(11)13/h5-7,15H,3-4,8H2,1-2H3. The van der Waals surface area contributed by atoms with E-state index in [-0.39, 0.29) is 5.91 Å². The van der Waals surface area contributed by atoms with Crippen LogP contribution in [0.15, 0.2) is 22.7 Å². The minimum absolute atomic E-state index is 0.0943. The molecule has 0 saturated heterocycles. The van der Waals surface area contributed by atoms with E-state index in [1.165, 1.54) is 0 Å². The average Bonchev–Trinajstić information content (AvgIpc) is 2.29. The van der Waals surface area contributed by atoms with Crippen molar-refractivity contribution >= 4 is 39.1 Å². The quantitative estimate of drug-likeness (QED) is 0.902. The van der Waals surface area contributed by atoms with Crippen molar-refractivity contribution in [1.82, 2.24) is 4.90 Å². The van der Waals surface area contributed by atoms with Crippen LogP contribution >= 0.6 is 27.5 Å². The summed E-state index contributed by atoms with van der Waals surface area (Å²) in [7, 11) is 0. The molecule has 0 bridgehead atoms. The van der Waals surface area contributed by atoms with Crippen molar-refractivity contribution in [2.45, 2.75) is 13.8 Å². The molecule has 0 aliphatic rings. The highest BCUT2D eigenvalue weighted by Crippen LogP contribution is 2.25. The minimum Gasteiger partial charge on any atom is -0.375 e. The molecule has 1 aromatic carbocycles. The van der Waals surface area contributed by atoms with Gasteiger partial charge in [-0.1, -0.05) is 11.6 Å². The van der Waals surface area contributed by atoms with Crippen LogP contribution in [0, 0.1) is 0 Å². The third-order valence-corrected chi connectivity index (χ3v) is 3.37. The number of nitrogens with zero attached hydrogens (tertiary/aromatic N) is 1. The van der Waals surface area contributed by atoms with E-state index < -0.39 is 0 Å². The minimum atomic E-state index is 0.0943. The number of anilines is 1. The molecule has 0 fully saturated rings. The maximum absolute atomic E-state index is 11.8. The number of halogens is 2. The van der Waals surface area contributed by atoms with Crippen LogP contribution < -0.4 is 5.32 Å². The fourth-order valence-corrected chi connectivity index (χ4v) is 2.31. The van der Waals surface area contributed by atoms with Crippen molar-refractivity contribution in [1.29, 1.82) is 0 Å². The van der Waals surface area contributed by atoms with Crippen LogP contribution in [0.2, 0.25) is 5.02 Å². The van der Waals surface area contributed by atoms with Gasteiger partial charge in [0.1, 0.15) is 0 Å². The number of nitrogens with one attached hydrogen (secondary N) is 1. The molecule has 0 aliphatic carbocycles. The summed E-state index contributed by atoms with van der Waals surface area (Å²) in [6.07, 6.45) is 0. The molecule has 0 aromatic heterocycles. The van der Waals surface area contributed by atoms with Crippen LogP contribution in [0.3, 0.4) is 0 Å². The highest BCUT2D eigenvalue weighted by atomic mass is 79.9. The van der Waals surface area contributed by atoms with Gasteiger partial charge in [-0.05, 0) is 48.0 Å². The van der Waals surface area contributed by atoms with Gasteiger partial charge in [0.05, 0.1) is 6.54 Å². The number of rotatable bonds is 5. The molecule has 5 heteroatoms. The Morgan fingerprint density at radius 3 is 2.59 bits per heavy atom. The second-order valence-corrected chi connectivity index (χ2v) is 4.83. The smallest absolute Gasteiger partial charge is 0.241 e. The van der Waals surface area contributed by atoms with Gasteiger partial charge in [0.15, 0.2) is 0 Å². The summed E-state index contributed by atoms with van der Waals surface area (Å²) >= 11 is 9.24. The molecule has 0 unspecified atom stereocenters. The molecule has 1 aromatic rings. The first kappa shape index (κ1) is 14.3. The van der Waals surface area contributed by atoms with Crippen molar-refractivity contribution in [2.75, 3.05) is 25.0 Å². The van der Waals surface area contributed by atoms with E-state index in [9.17, 15) is 4.79 Å². The van der Waals surface area contributed by atoms with Crippen LogP contribution in [0.1, 0.15) is 13.8 Å². The number of hydrogen-bond donors (Lipinski definition) is 1. The van der Waals surface area contributed by atoms with Crippen molar-refractivity contribution in [2.24, 2.45) is 0 Å². The van der Waals surface area contributed by atoms with Gasteiger partial charge in [-0.25, -0.2) is 0 Å². The van der Waals surface area contributed by atoms with E-state index in [4.69, 9.17) is 11.6 Å². The third kappa shape index (κ3) is 4.21. The topological polar surface area (TPSA) is 32.3 Å². The predicted octanol–water partition coefficient (Wildman–Crippen LogP) is 3.38. The summed E-state index contributed by atoms with van der Waals surface area (Å²) in [4.78, 5) is 13.6. The Balaban J connectivity index is 2.58. The highest BCUT2D eigenvalue weighted by molar-refractivity contribution is 9.10. The van der Waals surface area contributed by atoms with E-state index in [0.29, 0.717) is 11.6 Å². The van der Waals surface area contributed by atoms with Gasteiger partial charge in [0.2, 0.25) is 5.91 Å². The molecule has 1 rings (SSSR count). The summed E-state index contributed by atoms with van der Waals surface area (Å²) in [5.41, 5.74) is 0.870. The average molecular weight is 320 g/mol. The fourth-order valence-electron chi connectivity index (χ4n) is 1.49. The van der Waals surface area contributed by atoms with E-state index in [2.05, 4.69) is 21.2 Å². The Morgan fingerprint density at radius 2 is 2.06 bits per heavy atom. The van der Waals surface area contributed by atoms with Gasteiger partial charge in [-0.3, -0.25) is 4.79 Å². The zero-order valence-electron chi connectivity index (χ0n) is 9.96. The van der Waals surface area contributed by atoms with Crippen molar-refractivity contribution in [3.05, 3.63) is 27.7 Å². The van der Waals surface area contributed by atoms with Crippen molar-refractivity contribution < 1.29 is 4.79 Å².